The van der Waals surface area contributed by atoms with Gasteiger partial charge in [-0.05, 0) is 54.4 Å². The van der Waals surface area contributed by atoms with Crippen molar-refractivity contribution in [2.75, 3.05) is 11.1 Å². The maximum Gasteiger partial charge on any atom is 0.251 e. The van der Waals surface area contributed by atoms with Crippen LogP contribution in [0.25, 0.3) is 0 Å². The number of thioether (sulfide) groups is 1. The minimum Gasteiger partial charge on any atom is -0.346 e. The molecule has 2 amide bonds. The van der Waals surface area contributed by atoms with Gasteiger partial charge in [0.2, 0.25) is 5.91 Å². The van der Waals surface area contributed by atoms with E-state index in [4.69, 9.17) is 0 Å². The number of carbonyl (C=O) groups excluding carboxylic acids is 2. The minimum absolute atomic E-state index is 0.0754. The van der Waals surface area contributed by atoms with Crippen LogP contribution in [0, 0.1) is 5.82 Å². The topological polar surface area (TPSA) is 58.2 Å². The van der Waals surface area contributed by atoms with E-state index in [0.29, 0.717) is 17.0 Å². The van der Waals surface area contributed by atoms with Crippen LogP contribution in [0.5, 0.6) is 0 Å². The van der Waals surface area contributed by atoms with E-state index in [9.17, 15) is 14.0 Å². The van der Waals surface area contributed by atoms with E-state index in [1.54, 1.807) is 12.1 Å². The van der Waals surface area contributed by atoms with E-state index in [1.807, 2.05) is 49.4 Å². The Bertz CT molecular complexity index is 976. The highest BCUT2D eigenvalue weighted by atomic mass is 32.2. The lowest BCUT2D eigenvalue weighted by Gasteiger charge is -2.14. The fourth-order valence-corrected chi connectivity index (χ4v) is 3.64. The van der Waals surface area contributed by atoms with Crippen LogP contribution < -0.4 is 10.6 Å². The van der Waals surface area contributed by atoms with Crippen LogP contribution in [0.3, 0.4) is 0 Å². The first kappa shape index (κ1) is 21.6. The van der Waals surface area contributed by atoms with Crippen molar-refractivity contribution >= 4 is 29.3 Å². The monoisotopic (exact) mass is 422 g/mol. The summed E-state index contributed by atoms with van der Waals surface area (Å²) in [5.41, 5.74) is 3.25. The first-order valence-electron chi connectivity index (χ1n) is 9.59. The van der Waals surface area contributed by atoms with Crippen molar-refractivity contribution in [1.82, 2.24) is 5.32 Å². The fourth-order valence-electron chi connectivity index (χ4n) is 2.85. The van der Waals surface area contributed by atoms with Crippen molar-refractivity contribution in [2.24, 2.45) is 0 Å². The van der Waals surface area contributed by atoms with Gasteiger partial charge < -0.3 is 10.6 Å². The summed E-state index contributed by atoms with van der Waals surface area (Å²) in [6.45, 7) is 1.95. The van der Waals surface area contributed by atoms with E-state index >= 15 is 0 Å². The molecule has 0 aliphatic carbocycles. The van der Waals surface area contributed by atoms with Gasteiger partial charge in [0.15, 0.2) is 0 Å². The predicted octanol–water partition coefficient (Wildman–Crippen LogP) is 5.19. The molecule has 0 aliphatic rings. The molecule has 0 bridgehead atoms. The summed E-state index contributed by atoms with van der Waals surface area (Å²) >= 11 is 1.47. The largest absolute Gasteiger partial charge is 0.346 e. The van der Waals surface area contributed by atoms with Crippen molar-refractivity contribution < 1.29 is 14.0 Å². The lowest BCUT2D eigenvalue weighted by molar-refractivity contribution is -0.113. The zero-order valence-corrected chi connectivity index (χ0v) is 17.4. The van der Waals surface area contributed by atoms with Crippen LogP contribution in [0.1, 0.15) is 34.5 Å². The molecular weight excluding hydrogens is 399 g/mol. The van der Waals surface area contributed by atoms with Gasteiger partial charge in [0.25, 0.3) is 5.91 Å². The maximum absolute atomic E-state index is 12.9. The van der Waals surface area contributed by atoms with Gasteiger partial charge in [-0.3, -0.25) is 9.59 Å². The molecule has 0 saturated carbocycles. The quantitative estimate of drug-likeness (QED) is 0.525. The highest BCUT2D eigenvalue weighted by Crippen LogP contribution is 2.16. The lowest BCUT2D eigenvalue weighted by Crippen LogP contribution is -2.26. The number of nitrogens with one attached hydrogen (secondary N) is 2. The molecule has 0 fully saturated rings. The van der Waals surface area contributed by atoms with Crippen LogP contribution in [0.15, 0.2) is 78.9 Å². The molecule has 3 aromatic rings. The molecule has 0 heterocycles. The highest BCUT2D eigenvalue weighted by molar-refractivity contribution is 7.99. The van der Waals surface area contributed by atoms with Crippen LogP contribution in [0.4, 0.5) is 10.1 Å². The molecule has 0 saturated heterocycles. The van der Waals surface area contributed by atoms with Gasteiger partial charge in [-0.25, -0.2) is 4.39 Å². The lowest BCUT2D eigenvalue weighted by atomic mass is 10.1. The molecule has 0 radical (unpaired) electrons. The molecule has 1 unspecified atom stereocenters. The zero-order valence-electron chi connectivity index (χ0n) is 16.6. The second-order valence-corrected chi connectivity index (χ2v) is 7.84. The molecule has 6 heteroatoms. The van der Waals surface area contributed by atoms with E-state index in [1.165, 1.54) is 36.0 Å². The predicted molar refractivity (Wildman–Crippen MR) is 120 cm³/mol. The molecule has 3 rings (SSSR count). The Morgan fingerprint density at radius 1 is 0.933 bits per heavy atom. The summed E-state index contributed by atoms with van der Waals surface area (Å²) in [4.78, 5) is 24.4. The average molecular weight is 423 g/mol. The zero-order chi connectivity index (χ0) is 21.3. The third-order valence-electron chi connectivity index (χ3n) is 4.49. The number of carbonyl (C=O) groups is 2. The Morgan fingerprint density at radius 2 is 1.60 bits per heavy atom. The summed E-state index contributed by atoms with van der Waals surface area (Å²) in [6.07, 6.45) is 0. The normalized spacial score (nSPS) is 11.5. The van der Waals surface area contributed by atoms with Crippen molar-refractivity contribution in [3.05, 3.63) is 101 Å². The van der Waals surface area contributed by atoms with Crippen molar-refractivity contribution in [3.63, 3.8) is 0 Å². The van der Waals surface area contributed by atoms with E-state index in [0.717, 1.165) is 11.1 Å². The second kappa shape index (κ2) is 10.6. The Morgan fingerprint density at radius 3 is 2.27 bits per heavy atom. The number of amides is 2. The van der Waals surface area contributed by atoms with Crippen LogP contribution in [-0.4, -0.2) is 17.6 Å². The van der Waals surface area contributed by atoms with Gasteiger partial charge in [0.1, 0.15) is 5.82 Å². The molecule has 0 spiro atoms. The smallest absolute Gasteiger partial charge is 0.251 e. The molecule has 30 heavy (non-hydrogen) atoms. The SMILES string of the molecule is CC(NC(=O)c1ccc(CSCC(=O)Nc2ccc(F)cc2)cc1)c1ccccc1. The first-order valence-corrected chi connectivity index (χ1v) is 10.7. The maximum atomic E-state index is 12.9. The van der Waals surface area contributed by atoms with Crippen molar-refractivity contribution in [3.8, 4) is 0 Å². The number of hydrogen-bond donors (Lipinski definition) is 2. The van der Waals surface area contributed by atoms with Gasteiger partial charge in [0, 0.05) is 17.0 Å². The van der Waals surface area contributed by atoms with Gasteiger partial charge in [-0.1, -0.05) is 42.5 Å². The van der Waals surface area contributed by atoms with Gasteiger partial charge in [0.05, 0.1) is 11.8 Å². The van der Waals surface area contributed by atoms with Gasteiger partial charge in [-0.15, -0.1) is 11.8 Å². The summed E-state index contributed by atoms with van der Waals surface area (Å²) in [6, 6.07) is 22.8. The first-order chi connectivity index (χ1) is 14.5. The third-order valence-corrected chi connectivity index (χ3v) is 5.50. The standard InChI is InChI=1S/C24H23FN2O2S/c1-17(19-5-3-2-4-6-19)26-24(29)20-9-7-18(8-10-20)15-30-16-23(28)27-22-13-11-21(25)12-14-22/h2-14,17H,15-16H2,1H3,(H,26,29)(H,27,28). The molecule has 4 nitrogen and oxygen atoms in total. The molecular formula is C24H23FN2O2S. The summed E-state index contributed by atoms with van der Waals surface area (Å²) in [7, 11) is 0. The van der Waals surface area contributed by atoms with Crippen molar-refractivity contribution in [1.29, 1.82) is 0 Å². The number of hydrogen-bond acceptors (Lipinski definition) is 3. The Kier molecular flexibility index (Phi) is 7.63. The van der Waals surface area contributed by atoms with Gasteiger partial charge >= 0.3 is 0 Å². The van der Waals surface area contributed by atoms with E-state index in [-0.39, 0.29) is 29.4 Å². The molecule has 0 aromatic heterocycles. The molecule has 0 aliphatic heterocycles. The Balaban J connectivity index is 1.44. The molecule has 3 aromatic carbocycles. The number of benzene rings is 3. The van der Waals surface area contributed by atoms with Crippen LogP contribution in [0.2, 0.25) is 0 Å². The van der Waals surface area contributed by atoms with Crippen molar-refractivity contribution in [2.45, 2.75) is 18.7 Å². The van der Waals surface area contributed by atoms with E-state index in [2.05, 4.69) is 10.6 Å². The third kappa shape index (κ3) is 6.46. The van der Waals surface area contributed by atoms with E-state index < -0.39 is 0 Å². The average Bonchev–Trinajstić information content (AvgIpc) is 2.76. The number of anilines is 1. The van der Waals surface area contributed by atoms with Gasteiger partial charge in [-0.2, -0.15) is 0 Å². The number of rotatable bonds is 8. The minimum atomic E-state index is -0.339. The highest BCUT2D eigenvalue weighted by Gasteiger charge is 2.11. The number of halogens is 1. The summed E-state index contributed by atoms with van der Waals surface area (Å²) in [5, 5.41) is 5.73. The van der Waals surface area contributed by atoms with Crippen LogP contribution >= 0.6 is 11.8 Å². The van der Waals surface area contributed by atoms with Crippen LogP contribution in [-0.2, 0) is 10.5 Å². The summed E-state index contributed by atoms with van der Waals surface area (Å²) in [5.74, 6) is 0.337. The molecule has 154 valence electrons. The Labute approximate surface area is 179 Å². The Hall–Kier alpha value is -3.12. The molecule has 1 atom stereocenters. The summed E-state index contributed by atoms with van der Waals surface area (Å²) < 4.78 is 12.9. The second-order valence-electron chi connectivity index (χ2n) is 6.85. The fraction of sp³-hybridized carbons (Fsp3) is 0.167. The molecule has 2 N–H and O–H groups in total.